The molecule has 7 heteroatoms. The number of likely N-dealkylation sites (tertiary alicyclic amines) is 1. The van der Waals surface area contributed by atoms with E-state index in [2.05, 4.69) is 15.0 Å². The topological polar surface area (TPSA) is 51.4 Å². The molecule has 5 nitrogen and oxygen atoms in total. The van der Waals surface area contributed by atoms with E-state index in [1.165, 1.54) is 12.1 Å². The van der Waals surface area contributed by atoms with Crippen LogP contribution in [0.2, 0.25) is 0 Å². The van der Waals surface area contributed by atoms with Crippen LogP contribution in [0.25, 0.3) is 11.4 Å². The summed E-state index contributed by atoms with van der Waals surface area (Å²) in [5.74, 6) is 1.73. The van der Waals surface area contributed by atoms with Gasteiger partial charge < -0.3 is 9.26 Å². The van der Waals surface area contributed by atoms with Gasteiger partial charge in [0.05, 0.1) is 0 Å². The lowest BCUT2D eigenvalue weighted by atomic mass is 10.2. The zero-order valence-corrected chi connectivity index (χ0v) is 15.9. The Morgan fingerprint density at radius 2 is 1.90 bits per heavy atom. The summed E-state index contributed by atoms with van der Waals surface area (Å²) in [6.07, 6.45) is 3.11. The highest BCUT2D eigenvalue weighted by Gasteiger charge is 2.30. The van der Waals surface area contributed by atoms with Gasteiger partial charge in [0.15, 0.2) is 0 Å². The molecule has 2 heterocycles. The van der Waals surface area contributed by atoms with Crippen LogP contribution < -0.4 is 4.74 Å². The second-order valence-corrected chi connectivity index (χ2v) is 7.75. The molecule has 1 aliphatic carbocycles. The molecular weight excluding hydrogens is 376 g/mol. The average Bonchev–Trinajstić information content (AvgIpc) is 3.29. The average molecular weight is 397 g/mol. The highest BCUT2D eigenvalue weighted by atomic mass is 19.1. The fourth-order valence-corrected chi connectivity index (χ4v) is 3.67. The van der Waals surface area contributed by atoms with Crippen LogP contribution in [0.15, 0.2) is 47.0 Å². The summed E-state index contributed by atoms with van der Waals surface area (Å²) < 4.78 is 38.6. The molecule has 2 aliphatic rings. The number of benzene rings is 2. The maximum absolute atomic E-state index is 13.9. The Morgan fingerprint density at radius 1 is 1.07 bits per heavy atom. The smallest absolute Gasteiger partial charge is 0.230 e. The number of hydrogen-bond donors (Lipinski definition) is 0. The third kappa shape index (κ3) is 4.15. The quantitative estimate of drug-likeness (QED) is 0.611. The van der Waals surface area contributed by atoms with Crippen molar-refractivity contribution < 1.29 is 18.0 Å². The minimum absolute atomic E-state index is 0.0177. The Hall–Kier alpha value is -2.80. The molecule has 1 unspecified atom stereocenters. The fourth-order valence-electron chi connectivity index (χ4n) is 3.67. The summed E-state index contributed by atoms with van der Waals surface area (Å²) in [4.78, 5) is 6.53. The highest BCUT2D eigenvalue weighted by Crippen LogP contribution is 2.39. The maximum atomic E-state index is 13.9. The Balaban J connectivity index is 1.18. The lowest BCUT2D eigenvalue weighted by Crippen LogP contribution is -2.25. The SMILES string of the molecule is Fc1ccc(F)c(CN2CCC(Oc3ccc(-c4noc(C5CC5)n4)cc3)C2)c1. The molecule has 0 radical (unpaired) electrons. The molecular formula is C22H21F2N3O2. The summed E-state index contributed by atoms with van der Waals surface area (Å²) in [7, 11) is 0. The predicted octanol–water partition coefficient (Wildman–Crippen LogP) is 4.55. The summed E-state index contributed by atoms with van der Waals surface area (Å²) >= 11 is 0. The Labute approximate surface area is 167 Å². The largest absolute Gasteiger partial charge is 0.489 e. The van der Waals surface area contributed by atoms with Gasteiger partial charge in [-0.25, -0.2) is 8.78 Å². The molecule has 0 bridgehead atoms. The fraction of sp³-hybridized carbons (Fsp3) is 0.364. The zero-order chi connectivity index (χ0) is 19.8. The van der Waals surface area contributed by atoms with Crippen LogP contribution in [0.4, 0.5) is 8.78 Å². The first-order chi connectivity index (χ1) is 14.1. The molecule has 1 atom stereocenters. The van der Waals surface area contributed by atoms with Crippen molar-refractivity contribution in [2.45, 2.75) is 37.8 Å². The van der Waals surface area contributed by atoms with Crippen molar-refractivity contribution >= 4 is 0 Å². The molecule has 150 valence electrons. The van der Waals surface area contributed by atoms with Crippen molar-refractivity contribution in [3.05, 3.63) is 65.6 Å². The molecule has 1 saturated carbocycles. The second-order valence-electron chi connectivity index (χ2n) is 7.75. The van der Waals surface area contributed by atoms with Gasteiger partial charge in [0.2, 0.25) is 11.7 Å². The normalized spacial score (nSPS) is 19.6. The van der Waals surface area contributed by atoms with Crippen LogP contribution in [0.5, 0.6) is 5.75 Å². The lowest BCUT2D eigenvalue weighted by Gasteiger charge is -2.17. The molecule has 1 saturated heterocycles. The summed E-state index contributed by atoms with van der Waals surface area (Å²) in [5.41, 5.74) is 1.27. The molecule has 3 aromatic rings. The molecule has 5 rings (SSSR count). The Bertz CT molecular complexity index is 1000. The number of rotatable bonds is 6. The van der Waals surface area contributed by atoms with E-state index in [0.717, 1.165) is 49.1 Å². The van der Waals surface area contributed by atoms with E-state index in [-0.39, 0.29) is 11.9 Å². The van der Waals surface area contributed by atoms with E-state index >= 15 is 0 Å². The first-order valence-electron chi connectivity index (χ1n) is 9.91. The van der Waals surface area contributed by atoms with Crippen molar-refractivity contribution in [2.24, 2.45) is 0 Å². The van der Waals surface area contributed by atoms with Gasteiger partial charge in [-0.2, -0.15) is 4.98 Å². The predicted molar refractivity (Wildman–Crippen MR) is 102 cm³/mol. The van der Waals surface area contributed by atoms with Gasteiger partial charge in [0.25, 0.3) is 0 Å². The minimum atomic E-state index is -0.417. The van der Waals surface area contributed by atoms with Crippen molar-refractivity contribution in [2.75, 3.05) is 13.1 Å². The maximum Gasteiger partial charge on any atom is 0.230 e. The van der Waals surface area contributed by atoms with E-state index in [1.807, 2.05) is 24.3 Å². The monoisotopic (exact) mass is 397 g/mol. The van der Waals surface area contributed by atoms with Crippen LogP contribution in [-0.2, 0) is 6.54 Å². The zero-order valence-electron chi connectivity index (χ0n) is 15.9. The van der Waals surface area contributed by atoms with Gasteiger partial charge in [-0.05, 0) is 61.7 Å². The lowest BCUT2D eigenvalue weighted by molar-refractivity contribution is 0.197. The standard InChI is InChI=1S/C22H21F2N3O2/c23-17-5-8-20(24)16(11-17)12-27-10-9-19(13-27)28-18-6-3-14(4-7-18)21-25-22(29-26-21)15-1-2-15/h3-8,11,15,19H,1-2,9-10,12-13H2. The van der Waals surface area contributed by atoms with Crippen LogP contribution in [0.1, 0.15) is 36.6 Å². The van der Waals surface area contributed by atoms with E-state index in [4.69, 9.17) is 9.26 Å². The molecule has 0 N–H and O–H groups in total. The molecule has 2 fully saturated rings. The summed E-state index contributed by atoms with van der Waals surface area (Å²) in [6, 6.07) is 11.2. The third-order valence-electron chi connectivity index (χ3n) is 5.41. The summed E-state index contributed by atoms with van der Waals surface area (Å²) in [6.45, 7) is 1.84. The first-order valence-corrected chi connectivity index (χ1v) is 9.91. The molecule has 1 aromatic heterocycles. The van der Waals surface area contributed by atoms with Gasteiger partial charge in [-0.3, -0.25) is 4.90 Å². The van der Waals surface area contributed by atoms with Crippen LogP contribution in [0.3, 0.4) is 0 Å². The van der Waals surface area contributed by atoms with Gasteiger partial charge in [-0.15, -0.1) is 0 Å². The number of ether oxygens (including phenoxy) is 1. The second kappa shape index (κ2) is 7.55. The van der Waals surface area contributed by atoms with E-state index in [9.17, 15) is 8.78 Å². The number of hydrogen-bond acceptors (Lipinski definition) is 5. The summed E-state index contributed by atoms with van der Waals surface area (Å²) in [5, 5.41) is 4.05. The van der Waals surface area contributed by atoms with Crippen LogP contribution in [0, 0.1) is 11.6 Å². The van der Waals surface area contributed by atoms with Gasteiger partial charge in [0.1, 0.15) is 23.5 Å². The Morgan fingerprint density at radius 3 is 2.69 bits per heavy atom. The molecule has 1 aliphatic heterocycles. The van der Waals surface area contributed by atoms with E-state index in [0.29, 0.717) is 30.4 Å². The highest BCUT2D eigenvalue weighted by molar-refractivity contribution is 5.55. The third-order valence-corrected chi connectivity index (χ3v) is 5.41. The van der Waals surface area contributed by atoms with E-state index < -0.39 is 5.82 Å². The number of halogens is 2. The van der Waals surface area contributed by atoms with Gasteiger partial charge in [-0.1, -0.05) is 5.16 Å². The number of aromatic nitrogens is 2. The Kier molecular flexibility index (Phi) is 4.75. The minimum Gasteiger partial charge on any atom is -0.489 e. The van der Waals surface area contributed by atoms with Crippen molar-refractivity contribution in [3.63, 3.8) is 0 Å². The van der Waals surface area contributed by atoms with Crippen molar-refractivity contribution in [1.29, 1.82) is 0 Å². The van der Waals surface area contributed by atoms with Crippen molar-refractivity contribution in [1.82, 2.24) is 15.0 Å². The molecule has 29 heavy (non-hydrogen) atoms. The van der Waals surface area contributed by atoms with Crippen LogP contribution >= 0.6 is 0 Å². The van der Waals surface area contributed by atoms with Crippen molar-refractivity contribution in [3.8, 4) is 17.1 Å². The molecule has 0 amide bonds. The number of nitrogens with zero attached hydrogens (tertiary/aromatic N) is 3. The first kappa shape index (κ1) is 18.2. The van der Waals surface area contributed by atoms with Gasteiger partial charge >= 0.3 is 0 Å². The van der Waals surface area contributed by atoms with Gasteiger partial charge in [0, 0.05) is 36.7 Å². The molecule has 2 aromatic carbocycles. The van der Waals surface area contributed by atoms with E-state index in [1.54, 1.807) is 0 Å². The molecule has 0 spiro atoms. The van der Waals surface area contributed by atoms with Crippen LogP contribution in [-0.4, -0.2) is 34.2 Å².